The molecule has 0 atom stereocenters. The first-order valence-corrected chi connectivity index (χ1v) is 8.45. The SMILES string of the molecule is CCN(CC)C(=O)Cn1cc(C(=O)N(CC)Cc2ccncc2)nn1. The molecule has 0 aliphatic rings. The van der Waals surface area contributed by atoms with E-state index in [0.29, 0.717) is 26.2 Å². The summed E-state index contributed by atoms with van der Waals surface area (Å²) in [4.78, 5) is 32.1. The predicted octanol–water partition coefficient (Wildman–Crippen LogP) is 1.20. The Balaban J connectivity index is 2.04. The van der Waals surface area contributed by atoms with Crippen molar-refractivity contribution < 1.29 is 9.59 Å². The first-order valence-electron chi connectivity index (χ1n) is 8.45. The minimum Gasteiger partial charge on any atom is -0.342 e. The number of hydrogen-bond acceptors (Lipinski definition) is 5. The number of amides is 2. The van der Waals surface area contributed by atoms with Crippen LogP contribution in [0.2, 0.25) is 0 Å². The topological polar surface area (TPSA) is 84.2 Å². The minimum atomic E-state index is -0.208. The number of likely N-dealkylation sites (N-methyl/N-ethyl adjacent to an activating group) is 1. The van der Waals surface area contributed by atoms with Gasteiger partial charge in [0, 0.05) is 38.6 Å². The van der Waals surface area contributed by atoms with Gasteiger partial charge in [0.2, 0.25) is 5.91 Å². The first-order chi connectivity index (χ1) is 12.1. The highest BCUT2D eigenvalue weighted by atomic mass is 16.2. The van der Waals surface area contributed by atoms with Crippen LogP contribution >= 0.6 is 0 Å². The van der Waals surface area contributed by atoms with Crippen LogP contribution in [0.4, 0.5) is 0 Å². The van der Waals surface area contributed by atoms with E-state index in [4.69, 9.17) is 0 Å². The van der Waals surface area contributed by atoms with Gasteiger partial charge in [-0.25, -0.2) is 4.68 Å². The molecule has 2 amide bonds. The maximum Gasteiger partial charge on any atom is 0.276 e. The van der Waals surface area contributed by atoms with E-state index in [0.717, 1.165) is 5.56 Å². The molecule has 2 heterocycles. The Bertz CT molecular complexity index is 696. The summed E-state index contributed by atoms with van der Waals surface area (Å²) in [5.74, 6) is -0.251. The second-order valence-corrected chi connectivity index (χ2v) is 5.54. The lowest BCUT2D eigenvalue weighted by Crippen LogP contribution is -2.33. The molecule has 0 fully saturated rings. The zero-order valence-electron chi connectivity index (χ0n) is 14.9. The molecule has 0 N–H and O–H groups in total. The van der Waals surface area contributed by atoms with Crippen LogP contribution in [0.1, 0.15) is 36.8 Å². The standard InChI is InChI=1S/C17H24N6O2/c1-4-21(5-2)16(24)13-23-12-15(19-20-23)17(25)22(6-3)11-14-7-9-18-10-8-14/h7-10,12H,4-6,11,13H2,1-3H3. The molecule has 0 bridgehead atoms. The number of aromatic nitrogens is 4. The van der Waals surface area contributed by atoms with Crippen molar-refractivity contribution in [3.8, 4) is 0 Å². The summed E-state index contributed by atoms with van der Waals surface area (Å²) in [6, 6.07) is 3.74. The molecule has 0 saturated carbocycles. The van der Waals surface area contributed by atoms with Gasteiger partial charge in [-0.1, -0.05) is 5.21 Å². The molecular weight excluding hydrogens is 320 g/mol. The minimum absolute atomic E-state index is 0.0435. The lowest BCUT2D eigenvalue weighted by Gasteiger charge is -2.19. The fourth-order valence-electron chi connectivity index (χ4n) is 2.49. The lowest BCUT2D eigenvalue weighted by atomic mass is 10.2. The first kappa shape index (κ1) is 18.6. The number of nitrogens with zero attached hydrogens (tertiary/aromatic N) is 6. The average molecular weight is 344 g/mol. The Labute approximate surface area is 147 Å². The summed E-state index contributed by atoms with van der Waals surface area (Å²) >= 11 is 0. The van der Waals surface area contributed by atoms with Gasteiger partial charge in [-0.2, -0.15) is 0 Å². The summed E-state index contributed by atoms with van der Waals surface area (Å²) < 4.78 is 1.41. The van der Waals surface area contributed by atoms with Crippen LogP contribution in [-0.4, -0.2) is 61.2 Å². The van der Waals surface area contributed by atoms with Crippen LogP contribution < -0.4 is 0 Å². The number of pyridine rings is 1. The second kappa shape index (κ2) is 8.91. The van der Waals surface area contributed by atoms with Gasteiger partial charge in [-0.05, 0) is 38.5 Å². The number of hydrogen-bond donors (Lipinski definition) is 0. The van der Waals surface area contributed by atoms with E-state index in [1.54, 1.807) is 22.2 Å². The molecule has 8 heteroatoms. The second-order valence-electron chi connectivity index (χ2n) is 5.54. The monoisotopic (exact) mass is 344 g/mol. The van der Waals surface area contributed by atoms with Gasteiger partial charge in [0.25, 0.3) is 5.91 Å². The summed E-state index contributed by atoms with van der Waals surface area (Å²) in [5, 5.41) is 7.84. The fraction of sp³-hybridized carbons (Fsp3) is 0.471. The smallest absolute Gasteiger partial charge is 0.276 e. The van der Waals surface area contributed by atoms with Crippen molar-refractivity contribution in [2.75, 3.05) is 19.6 Å². The summed E-state index contributed by atoms with van der Waals surface area (Å²) in [5.41, 5.74) is 1.23. The summed E-state index contributed by atoms with van der Waals surface area (Å²) in [6.07, 6.45) is 4.92. The molecule has 25 heavy (non-hydrogen) atoms. The molecule has 0 aliphatic heterocycles. The van der Waals surface area contributed by atoms with E-state index in [2.05, 4.69) is 15.3 Å². The normalized spacial score (nSPS) is 10.5. The quantitative estimate of drug-likeness (QED) is 0.718. The zero-order chi connectivity index (χ0) is 18.2. The van der Waals surface area contributed by atoms with Crippen LogP contribution in [0.15, 0.2) is 30.7 Å². The van der Waals surface area contributed by atoms with Crippen molar-refractivity contribution in [3.05, 3.63) is 42.0 Å². The molecule has 0 aromatic carbocycles. The van der Waals surface area contributed by atoms with Crippen molar-refractivity contribution in [2.45, 2.75) is 33.9 Å². The molecule has 2 aromatic heterocycles. The van der Waals surface area contributed by atoms with Gasteiger partial charge in [-0.15, -0.1) is 5.10 Å². The van der Waals surface area contributed by atoms with Crippen molar-refractivity contribution in [2.24, 2.45) is 0 Å². The van der Waals surface area contributed by atoms with Gasteiger partial charge in [0.05, 0.1) is 6.20 Å². The molecule has 2 aromatic rings. The lowest BCUT2D eigenvalue weighted by molar-refractivity contribution is -0.131. The van der Waals surface area contributed by atoms with Crippen molar-refractivity contribution in [3.63, 3.8) is 0 Å². The van der Waals surface area contributed by atoms with Gasteiger partial charge in [-0.3, -0.25) is 14.6 Å². The van der Waals surface area contributed by atoms with E-state index in [1.165, 1.54) is 10.9 Å². The third-order valence-corrected chi connectivity index (χ3v) is 3.96. The maximum absolute atomic E-state index is 12.6. The highest BCUT2D eigenvalue weighted by Crippen LogP contribution is 2.08. The molecule has 0 radical (unpaired) electrons. The Morgan fingerprint density at radius 3 is 2.28 bits per heavy atom. The maximum atomic E-state index is 12.6. The average Bonchev–Trinajstić information content (AvgIpc) is 3.09. The molecule has 2 rings (SSSR count). The Kier molecular flexibility index (Phi) is 6.62. The highest BCUT2D eigenvalue weighted by Gasteiger charge is 2.19. The zero-order valence-corrected chi connectivity index (χ0v) is 14.9. The third-order valence-electron chi connectivity index (χ3n) is 3.96. The molecule has 0 unspecified atom stereocenters. The molecular formula is C17H24N6O2. The molecule has 8 nitrogen and oxygen atoms in total. The van der Waals surface area contributed by atoms with Gasteiger partial charge in [0.15, 0.2) is 5.69 Å². The van der Waals surface area contributed by atoms with E-state index >= 15 is 0 Å². The molecule has 0 aliphatic carbocycles. The van der Waals surface area contributed by atoms with Crippen LogP contribution in [0.3, 0.4) is 0 Å². The van der Waals surface area contributed by atoms with E-state index in [9.17, 15) is 9.59 Å². The van der Waals surface area contributed by atoms with Crippen molar-refractivity contribution >= 4 is 11.8 Å². The van der Waals surface area contributed by atoms with Gasteiger partial charge >= 0.3 is 0 Å². The fourth-order valence-corrected chi connectivity index (χ4v) is 2.49. The Morgan fingerprint density at radius 2 is 1.68 bits per heavy atom. The Morgan fingerprint density at radius 1 is 1.04 bits per heavy atom. The van der Waals surface area contributed by atoms with Crippen molar-refractivity contribution in [1.82, 2.24) is 29.8 Å². The number of carbonyl (C=O) groups is 2. The summed E-state index contributed by atoms with van der Waals surface area (Å²) in [7, 11) is 0. The van der Waals surface area contributed by atoms with Crippen LogP contribution in [-0.2, 0) is 17.9 Å². The van der Waals surface area contributed by atoms with Gasteiger partial charge in [0.1, 0.15) is 6.54 Å². The van der Waals surface area contributed by atoms with Crippen LogP contribution in [0.25, 0.3) is 0 Å². The van der Waals surface area contributed by atoms with Crippen molar-refractivity contribution in [1.29, 1.82) is 0 Å². The molecule has 134 valence electrons. The predicted molar refractivity (Wildman–Crippen MR) is 92.6 cm³/mol. The largest absolute Gasteiger partial charge is 0.342 e. The Hall–Kier alpha value is -2.77. The number of rotatable bonds is 8. The van der Waals surface area contributed by atoms with Crippen LogP contribution in [0, 0.1) is 0 Å². The highest BCUT2D eigenvalue weighted by molar-refractivity contribution is 5.92. The van der Waals surface area contributed by atoms with E-state index in [1.807, 2.05) is 32.9 Å². The van der Waals surface area contributed by atoms with Gasteiger partial charge < -0.3 is 9.80 Å². The number of carbonyl (C=O) groups excluding carboxylic acids is 2. The van der Waals surface area contributed by atoms with Crippen LogP contribution in [0.5, 0.6) is 0 Å². The third kappa shape index (κ3) is 4.85. The molecule has 0 saturated heterocycles. The summed E-state index contributed by atoms with van der Waals surface area (Å²) in [6.45, 7) is 8.16. The molecule has 0 spiro atoms. The van der Waals surface area contributed by atoms with E-state index < -0.39 is 0 Å². The van der Waals surface area contributed by atoms with E-state index in [-0.39, 0.29) is 24.1 Å².